The number of halogens is 4. The first kappa shape index (κ1) is 25.2. The van der Waals surface area contributed by atoms with E-state index in [4.69, 9.17) is 0 Å². The second-order valence-corrected chi connectivity index (χ2v) is 10.1. The number of alkyl halides is 3. The normalized spacial score (nSPS) is 17.5. The first-order valence-electron chi connectivity index (χ1n) is 10.5. The summed E-state index contributed by atoms with van der Waals surface area (Å²) >= 11 is 3.28. The molecule has 0 aromatic heterocycles. The number of amidine groups is 1. The Morgan fingerprint density at radius 2 is 1.69 bits per heavy atom. The van der Waals surface area contributed by atoms with Crippen LogP contribution in [-0.4, -0.2) is 27.1 Å². The van der Waals surface area contributed by atoms with Crippen LogP contribution in [0.15, 0.2) is 83.9 Å². The molecule has 0 spiro atoms. The lowest BCUT2D eigenvalue weighted by molar-refractivity contribution is -0.137. The maximum absolute atomic E-state index is 13.1. The number of nitrogens with one attached hydrogen (secondary N) is 1. The third-order valence-electron chi connectivity index (χ3n) is 5.15. The van der Waals surface area contributed by atoms with Crippen LogP contribution < -0.4 is 5.32 Å². The number of amides is 2. The predicted octanol–water partition coefficient (Wildman–Crippen LogP) is 6.47. The molecule has 0 saturated carbocycles. The van der Waals surface area contributed by atoms with Gasteiger partial charge in [-0.2, -0.15) is 13.2 Å². The smallest absolute Gasteiger partial charge is 0.325 e. The predicted molar refractivity (Wildman–Crippen MR) is 139 cm³/mol. The average molecular weight is 609 g/mol. The zero-order valence-electron chi connectivity index (χ0n) is 18.1. The minimum Gasteiger partial charge on any atom is -0.325 e. The van der Waals surface area contributed by atoms with E-state index in [0.29, 0.717) is 5.69 Å². The van der Waals surface area contributed by atoms with Gasteiger partial charge >= 0.3 is 6.18 Å². The summed E-state index contributed by atoms with van der Waals surface area (Å²) in [4.78, 5) is 32.0. The van der Waals surface area contributed by atoms with Crippen LogP contribution in [0.25, 0.3) is 0 Å². The SMILES string of the molecule is O=C(Nc1ccc(I)cc1)[C@@H]1CC(=O)N(Cc2ccccc2)C(=Nc2ccc(C(F)(F)F)cc2)S1. The zero-order valence-corrected chi connectivity index (χ0v) is 21.1. The number of rotatable bonds is 5. The Labute approximate surface area is 218 Å². The van der Waals surface area contributed by atoms with Crippen molar-refractivity contribution in [1.82, 2.24) is 4.90 Å². The van der Waals surface area contributed by atoms with Crippen LogP contribution >= 0.6 is 34.4 Å². The van der Waals surface area contributed by atoms with Gasteiger partial charge in [-0.3, -0.25) is 14.5 Å². The molecule has 0 radical (unpaired) electrons. The molecule has 2 amide bonds. The van der Waals surface area contributed by atoms with E-state index in [9.17, 15) is 22.8 Å². The fourth-order valence-electron chi connectivity index (χ4n) is 3.35. The number of carbonyl (C=O) groups is 2. The summed E-state index contributed by atoms with van der Waals surface area (Å²) in [5, 5.41) is 2.34. The van der Waals surface area contributed by atoms with Gasteiger partial charge in [0.15, 0.2) is 5.17 Å². The largest absolute Gasteiger partial charge is 0.416 e. The Balaban J connectivity index is 1.60. The molecule has 1 aliphatic rings. The van der Waals surface area contributed by atoms with Crippen molar-refractivity contribution in [2.75, 3.05) is 5.32 Å². The average Bonchev–Trinajstić information content (AvgIpc) is 2.83. The van der Waals surface area contributed by atoms with Crippen LogP contribution in [-0.2, 0) is 22.3 Å². The molecule has 5 nitrogen and oxygen atoms in total. The van der Waals surface area contributed by atoms with Crippen molar-refractivity contribution < 1.29 is 22.8 Å². The molecule has 1 N–H and O–H groups in total. The summed E-state index contributed by atoms with van der Waals surface area (Å²) in [5.74, 6) is -0.634. The highest BCUT2D eigenvalue weighted by molar-refractivity contribution is 14.1. The van der Waals surface area contributed by atoms with Gasteiger partial charge < -0.3 is 5.32 Å². The molecule has 4 rings (SSSR count). The summed E-state index contributed by atoms with van der Waals surface area (Å²) < 4.78 is 39.8. The van der Waals surface area contributed by atoms with Gasteiger partial charge in [0.25, 0.3) is 0 Å². The fraction of sp³-hybridized carbons (Fsp3) is 0.160. The number of thioether (sulfide) groups is 1. The molecule has 180 valence electrons. The van der Waals surface area contributed by atoms with Crippen LogP contribution in [0.5, 0.6) is 0 Å². The number of hydrogen-bond donors (Lipinski definition) is 1. The molecule has 1 saturated heterocycles. The summed E-state index contributed by atoms with van der Waals surface area (Å²) in [5.41, 5.74) is 0.939. The van der Waals surface area contributed by atoms with Gasteiger partial charge in [0.1, 0.15) is 5.25 Å². The molecule has 1 aliphatic heterocycles. The van der Waals surface area contributed by atoms with Crippen molar-refractivity contribution in [1.29, 1.82) is 0 Å². The van der Waals surface area contributed by atoms with E-state index in [-0.39, 0.29) is 35.6 Å². The number of benzene rings is 3. The lowest BCUT2D eigenvalue weighted by Crippen LogP contribution is -2.44. The molecule has 3 aromatic rings. The molecule has 0 unspecified atom stereocenters. The van der Waals surface area contributed by atoms with Gasteiger partial charge in [-0.1, -0.05) is 42.1 Å². The van der Waals surface area contributed by atoms with Crippen molar-refractivity contribution in [3.05, 3.63) is 93.6 Å². The van der Waals surface area contributed by atoms with Crippen molar-refractivity contribution in [3.8, 4) is 0 Å². The first-order valence-corrected chi connectivity index (χ1v) is 12.5. The summed E-state index contributed by atoms with van der Waals surface area (Å²) in [7, 11) is 0. The molecule has 1 heterocycles. The molecule has 10 heteroatoms. The fourth-order valence-corrected chi connectivity index (χ4v) is 4.81. The van der Waals surface area contributed by atoms with E-state index >= 15 is 0 Å². The minimum atomic E-state index is -4.46. The highest BCUT2D eigenvalue weighted by Crippen LogP contribution is 2.33. The van der Waals surface area contributed by atoms with Gasteiger partial charge in [-0.25, -0.2) is 4.99 Å². The van der Waals surface area contributed by atoms with Crippen LogP contribution in [0.4, 0.5) is 24.5 Å². The zero-order chi connectivity index (χ0) is 25.0. The maximum Gasteiger partial charge on any atom is 0.416 e. The van der Waals surface area contributed by atoms with Gasteiger partial charge in [-0.05, 0) is 76.7 Å². The number of anilines is 1. The van der Waals surface area contributed by atoms with E-state index in [1.54, 1.807) is 12.1 Å². The topological polar surface area (TPSA) is 61.8 Å². The minimum absolute atomic E-state index is 0.0280. The van der Waals surface area contributed by atoms with Crippen LogP contribution in [0, 0.1) is 3.57 Å². The molecule has 1 atom stereocenters. The van der Waals surface area contributed by atoms with E-state index in [1.165, 1.54) is 17.0 Å². The molecular formula is C25H19F3IN3O2S. The molecular weight excluding hydrogens is 590 g/mol. The van der Waals surface area contributed by atoms with Gasteiger partial charge in [0.05, 0.1) is 17.8 Å². The van der Waals surface area contributed by atoms with E-state index < -0.39 is 17.0 Å². The maximum atomic E-state index is 13.1. The molecule has 0 aliphatic carbocycles. The van der Waals surface area contributed by atoms with Gasteiger partial charge in [-0.15, -0.1) is 0 Å². The van der Waals surface area contributed by atoms with E-state index in [1.807, 2.05) is 42.5 Å². The quantitative estimate of drug-likeness (QED) is 0.338. The Hall–Kier alpha value is -2.86. The van der Waals surface area contributed by atoms with Crippen molar-refractivity contribution in [2.45, 2.75) is 24.4 Å². The summed E-state index contributed by atoms with van der Waals surface area (Å²) in [6.07, 6.45) is -4.49. The van der Waals surface area contributed by atoms with Crippen LogP contribution in [0.3, 0.4) is 0 Å². The number of hydrogen-bond acceptors (Lipinski definition) is 4. The Morgan fingerprint density at radius 1 is 1.03 bits per heavy atom. The highest BCUT2D eigenvalue weighted by Gasteiger charge is 2.36. The van der Waals surface area contributed by atoms with Gasteiger partial charge in [0, 0.05) is 15.7 Å². The first-order chi connectivity index (χ1) is 16.7. The number of aliphatic imine (C=N–C) groups is 1. The third-order valence-corrected chi connectivity index (χ3v) is 7.05. The Morgan fingerprint density at radius 3 is 2.31 bits per heavy atom. The molecule has 3 aromatic carbocycles. The Bertz CT molecular complexity index is 1230. The standard InChI is InChI=1S/C25H19F3IN3O2S/c26-25(27,28)17-6-10-20(11-7-17)31-24-32(15-16-4-2-1-3-5-16)22(33)14-21(35-24)23(34)30-19-12-8-18(29)9-13-19/h1-13,21H,14-15H2,(H,30,34)/t21-/m0/s1. The Kier molecular flexibility index (Phi) is 7.80. The van der Waals surface area contributed by atoms with Crippen LogP contribution in [0.1, 0.15) is 17.5 Å². The van der Waals surface area contributed by atoms with E-state index in [0.717, 1.165) is 33.0 Å². The second-order valence-electron chi connectivity index (χ2n) is 7.71. The number of carbonyl (C=O) groups excluding carboxylic acids is 2. The monoisotopic (exact) mass is 609 g/mol. The number of nitrogens with zero attached hydrogens (tertiary/aromatic N) is 2. The third kappa shape index (κ3) is 6.63. The second kappa shape index (κ2) is 10.8. The molecule has 1 fully saturated rings. The highest BCUT2D eigenvalue weighted by atomic mass is 127. The molecule has 0 bridgehead atoms. The van der Waals surface area contributed by atoms with Crippen molar-refractivity contribution >= 4 is 62.7 Å². The van der Waals surface area contributed by atoms with E-state index in [2.05, 4.69) is 32.9 Å². The van der Waals surface area contributed by atoms with Gasteiger partial charge in [0.2, 0.25) is 11.8 Å². The van der Waals surface area contributed by atoms with Crippen molar-refractivity contribution in [2.24, 2.45) is 4.99 Å². The summed E-state index contributed by atoms with van der Waals surface area (Å²) in [6, 6.07) is 20.9. The molecule has 35 heavy (non-hydrogen) atoms. The van der Waals surface area contributed by atoms with Crippen molar-refractivity contribution in [3.63, 3.8) is 0 Å². The lowest BCUT2D eigenvalue weighted by atomic mass is 10.2. The van der Waals surface area contributed by atoms with Crippen LogP contribution in [0.2, 0.25) is 0 Å². The lowest BCUT2D eigenvalue weighted by Gasteiger charge is -2.32. The summed E-state index contributed by atoms with van der Waals surface area (Å²) in [6.45, 7) is 0.234.